The predicted molar refractivity (Wildman–Crippen MR) is 158 cm³/mol. The third-order valence-corrected chi connectivity index (χ3v) is 6.39. The highest BCUT2D eigenvalue weighted by molar-refractivity contribution is 5.92. The summed E-state index contributed by atoms with van der Waals surface area (Å²) in [5.74, 6) is -0.999. The number of aryl methyl sites for hydroxylation is 2. The first kappa shape index (κ1) is 30.9. The second-order valence-corrected chi connectivity index (χ2v) is 11.0. The third kappa shape index (κ3) is 9.21. The van der Waals surface area contributed by atoms with Gasteiger partial charge in [-0.15, -0.1) is 0 Å². The molecule has 2 N–H and O–H groups in total. The maximum atomic E-state index is 14.2. The van der Waals surface area contributed by atoms with Crippen molar-refractivity contribution in [2.75, 3.05) is 6.54 Å². The monoisotopic (exact) mass is 554 g/mol. The fourth-order valence-electron chi connectivity index (χ4n) is 4.54. The van der Waals surface area contributed by atoms with E-state index in [0.29, 0.717) is 5.56 Å². The molecule has 0 fully saturated rings. The number of carbonyl (C=O) groups excluding carboxylic acids is 3. The molecule has 0 heterocycles. The molecule has 0 aliphatic heterocycles. The minimum atomic E-state index is -1.11. The lowest BCUT2D eigenvalue weighted by Crippen LogP contribution is -2.54. The van der Waals surface area contributed by atoms with Crippen LogP contribution in [0.3, 0.4) is 0 Å². The summed E-state index contributed by atoms with van der Waals surface area (Å²) in [5.41, 5.74) is 3.32. The van der Waals surface area contributed by atoms with Gasteiger partial charge in [-0.3, -0.25) is 9.59 Å². The van der Waals surface area contributed by atoms with E-state index >= 15 is 0 Å². The number of amides is 3. The van der Waals surface area contributed by atoms with Gasteiger partial charge in [0.25, 0.3) is 0 Å². The molecule has 2 unspecified atom stereocenters. The van der Waals surface area contributed by atoms with Gasteiger partial charge in [0.2, 0.25) is 11.8 Å². The first-order valence-electron chi connectivity index (χ1n) is 13.6. The molecule has 0 bridgehead atoms. The number of benzene rings is 3. The molecule has 0 saturated heterocycles. The third-order valence-electron chi connectivity index (χ3n) is 6.39. The Morgan fingerprint density at radius 2 is 1.54 bits per heavy atom. The van der Waals surface area contributed by atoms with Crippen LogP contribution in [0.1, 0.15) is 54.6 Å². The van der Waals surface area contributed by atoms with Crippen LogP contribution >= 0.6 is 0 Å². The Bertz CT molecular complexity index is 1380. The van der Waals surface area contributed by atoms with E-state index in [4.69, 9.17) is 4.74 Å². The molecule has 8 nitrogen and oxygen atoms in total. The van der Waals surface area contributed by atoms with Crippen molar-refractivity contribution in [3.63, 3.8) is 0 Å². The fraction of sp³-hybridized carbons (Fsp3) is 0.333. The van der Waals surface area contributed by atoms with Crippen LogP contribution in [0.25, 0.3) is 0 Å². The van der Waals surface area contributed by atoms with E-state index in [2.05, 4.69) is 10.6 Å². The van der Waals surface area contributed by atoms with E-state index in [-0.39, 0.29) is 19.5 Å². The van der Waals surface area contributed by atoms with Crippen molar-refractivity contribution in [3.8, 4) is 6.07 Å². The van der Waals surface area contributed by atoms with Crippen LogP contribution in [0.4, 0.5) is 4.79 Å². The Kier molecular flexibility index (Phi) is 10.6. The quantitative estimate of drug-likeness (QED) is 0.337. The molecule has 8 heteroatoms. The maximum absolute atomic E-state index is 14.2. The molecule has 0 saturated carbocycles. The Morgan fingerprint density at radius 3 is 2.10 bits per heavy atom. The summed E-state index contributed by atoms with van der Waals surface area (Å²) in [4.78, 5) is 42.1. The summed E-state index contributed by atoms with van der Waals surface area (Å²) in [7, 11) is 0. The zero-order chi connectivity index (χ0) is 30.0. The average molecular weight is 555 g/mol. The molecule has 3 amide bonds. The van der Waals surface area contributed by atoms with E-state index in [0.717, 1.165) is 22.3 Å². The number of nitriles is 1. The van der Waals surface area contributed by atoms with Crippen LogP contribution < -0.4 is 10.6 Å². The maximum Gasteiger partial charge on any atom is 0.408 e. The normalized spacial score (nSPS) is 12.4. The fourth-order valence-corrected chi connectivity index (χ4v) is 4.54. The van der Waals surface area contributed by atoms with Gasteiger partial charge in [-0.25, -0.2) is 4.79 Å². The molecular weight excluding hydrogens is 516 g/mol. The predicted octanol–water partition coefficient (Wildman–Crippen LogP) is 5.15. The highest BCUT2D eigenvalue weighted by atomic mass is 16.6. The summed E-state index contributed by atoms with van der Waals surface area (Å²) in [5, 5.41) is 15.4. The van der Waals surface area contributed by atoms with Crippen molar-refractivity contribution < 1.29 is 19.1 Å². The van der Waals surface area contributed by atoms with Crippen molar-refractivity contribution >= 4 is 17.9 Å². The van der Waals surface area contributed by atoms with E-state index in [1.807, 2.05) is 98.8 Å². The smallest absolute Gasteiger partial charge is 0.408 e. The van der Waals surface area contributed by atoms with Crippen LogP contribution in [0.15, 0.2) is 78.9 Å². The van der Waals surface area contributed by atoms with E-state index < -0.39 is 35.6 Å². The van der Waals surface area contributed by atoms with Gasteiger partial charge >= 0.3 is 6.09 Å². The minimum absolute atomic E-state index is 0.145. The molecule has 0 aromatic heterocycles. The number of rotatable bonds is 10. The van der Waals surface area contributed by atoms with Crippen molar-refractivity contribution in [2.45, 2.75) is 65.3 Å². The minimum Gasteiger partial charge on any atom is -0.444 e. The number of hydrogen-bond acceptors (Lipinski definition) is 5. The summed E-state index contributed by atoms with van der Waals surface area (Å²) in [6.07, 6.45) is -0.619. The van der Waals surface area contributed by atoms with Gasteiger partial charge in [0.1, 0.15) is 24.2 Å². The van der Waals surface area contributed by atoms with Gasteiger partial charge in [0.15, 0.2) is 0 Å². The SMILES string of the molecule is Cc1ccc(C(C(=O)NCc2ccccc2)N(CC#N)C(=O)C(Cc2ccccc2)NC(=O)OC(C)(C)C)c(C)c1. The molecule has 3 aromatic carbocycles. The van der Waals surface area contributed by atoms with Crippen molar-refractivity contribution in [1.29, 1.82) is 5.26 Å². The number of nitrogens with zero attached hydrogens (tertiary/aromatic N) is 2. The second kappa shape index (κ2) is 14.1. The molecule has 41 heavy (non-hydrogen) atoms. The van der Waals surface area contributed by atoms with Gasteiger partial charge in [-0.1, -0.05) is 84.4 Å². The molecule has 0 spiro atoms. The summed E-state index contributed by atoms with van der Waals surface area (Å²) in [6.45, 7) is 8.90. The Hall–Kier alpha value is -4.64. The number of carbonyl (C=O) groups is 3. The van der Waals surface area contributed by atoms with E-state index in [9.17, 15) is 19.6 Å². The molecule has 0 aliphatic carbocycles. The summed E-state index contributed by atoms with van der Waals surface area (Å²) >= 11 is 0. The van der Waals surface area contributed by atoms with E-state index in [1.54, 1.807) is 20.8 Å². The lowest BCUT2D eigenvalue weighted by molar-refractivity contribution is -0.141. The van der Waals surface area contributed by atoms with Crippen LogP contribution in [0.5, 0.6) is 0 Å². The van der Waals surface area contributed by atoms with Crippen LogP contribution in [0, 0.1) is 25.2 Å². The summed E-state index contributed by atoms with van der Waals surface area (Å²) < 4.78 is 5.44. The second-order valence-electron chi connectivity index (χ2n) is 11.0. The number of hydrogen-bond donors (Lipinski definition) is 2. The van der Waals surface area contributed by atoms with Crippen molar-refractivity contribution in [2.24, 2.45) is 0 Å². The highest BCUT2D eigenvalue weighted by Gasteiger charge is 2.37. The number of nitrogens with one attached hydrogen (secondary N) is 2. The molecule has 2 atom stereocenters. The lowest BCUT2D eigenvalue weighted by atomic mass is 9.95. The topological polar surface area (TPSA) is 112 Å². The molecular formula is C33H38N4O4. The molecule has 0 radical (unpaired) electrons. The van der Waals surface area contributed by atoms with Crippen molar-refractivity contribution in [1.82, 2.24) is 15.5 Å². The number of ether oxygens (including phenoxy) is 1. The zero-order valence-corrected chi connectivity index (χ0v) is 24.3. The first-order valence-corrected chi connectivity index (χ1v) is 13.6. The molecule has 3 aromatic rings. The summed E-state index contributed by atoms with van der Waals surface area (Å²) in [6, 6.07) is 24.1. The van der Waals surface area contributed by atoms with Gasteiger partial charge in [0.05, 0.1) is 6.07 Å². The molecule has 3 rings (SSSR count). The average Bonchev–Trinajstić information content (AvgIpc) is 2.92. The Balaban J connectivity index is 2.02. The largest absolute Gasteiger partial charge is 0.444 e. The Labute approximate surface area is 242 Å². The van der Waals surface area contributed by atoms with Crippen LogP contribution in [-0.2, 0) is 27.3 Å². The van der Waals surface area contributed by atoms with Gasteiger partial charge < -0.3 is 20.3 Å². The number of alkyl carbamates (subject to hydrolysis) is 1. The molecule has 0 aliphatic rings. The zero-order valence-electron chi connectivity index (χ0n) is 24.3. The Morgan fingerprint density at radius 1 is 0.927 bits per heavy atom. The van der Waals surface area contributed by atoms with Crippen molar-refractivity contribution in [3.05, 3.63) is 107 Å². The van der Waals surface area contributed by atoms with Gasteiger partial charge in [-0.05, 0) is 56.9 Å². The first-order chi connectivity index (χ1) is 19.5. The van der Waals surface area contributed by atoms with Gasteiger partial charge in [-0.2, -0.15) is 5.26 Å². The van der Waals surface area contributed by atoms with Crippen LogP contribution in [0.2, 0.25) is 0 Å². The highest BCUT2D eigenvalue weighted by Crippen LogP contribution is 2.27. The van der Waals surface area contributed by atoms with E-state index in [1.165, 1.54) is 4.90 Å². The van der Waals surface area contributed by atoms with Gasteiger partial charge in [0, 0.05) is 13.0 Å². The molecule has 214 valence electrons. The lowest BCUT2D eigenvalue weighted by Gasteiger charge is -2.33. The van der Waals surface area contributed by atoms with Crippen LogP contribution in [-0.4, -0.2) is 41.0 Å². The standard InChI is InChI=1S/C33H38N4O4/c1-23-16-17-27(24(2)20-23)29(30(38)35-22-26-14-10-7-11-15-26)37(19-18-34)31(39)28(21-25-12-8-6-9-13-25)36-32(40)41-33(3,4)5/h6-17,20,28-29H,19,21-22H2,1-5H3,(H,35,38)(H,36,40).